The number of amides is 1. The van der Waals surface area contributed by atoms with Crippen molar-refractivity contribution in [2.24, 2.45) is 5.92 Å². The predicted octanol–water partition coefficient (Wildman–Crippen LogP) is 6.42. The number of carbonyl (C=O) groups is 1. The van der Waals surface area contributed by atoms with E-state index in [4.69, 9.17) is 11.6 Å². The van der Waals surface area contributed by atoms with Crippen LogP contribution in [0.5, 0.6) is 0 Å². The largest absolute Gasteiger partial charge is 0.416 e. The molecule has 8 heteroatoms. The molecule has 0 aromatic heterocycles. The summed E-state index contributed by atoms with van der Waals surface area (Å²) in [5.41, 5.74) is 1.51. The van der Waals surface area contributed by atoms with Gasteiger partial charge in [-0.15, -0.1) is 0 Å². The molecule has 1 amide bonds. The smallest absolute Gasteiger partial charge is 0.352 e. The minimum atomic E-state index is -4.44. The molecule has 35 heavy (non-hydrogen) atoms. The maximum Gasteiger partial charge on any atom is 0.416 e. The Morgan fingerprint density at radius 1 is 1.00 bits per heavy atom. The molecule has 1 aliphatic heterocycles. The van der Waals surface area contributed by atoms with E-state index in [1.165, 1.54) is 18.2 Å². The molecule has 1 N–H and O–H groups in total. The van der Waals surface area contributed by atoms with Gasteiger partial charge >= 0.3 is 6.18 Å². The number of carbonyl (C=O) groups excluding carboxylic acids is 1. The Labute approximate surface area is 206 Å². The maximum atomic E-state index is 13.5. The second-order valence-electron chi connectivity index (χ2n) is 8.88. The SMILES string of the molecule is O=C(NCc1cccc(C(F)(F)F)c1)[C@@H]1C[C@H](c2ccc(F)cc2)CN(Cc2ccccc2Cl)C1. The summed E-state index contributed by atoms with van der Waals surface area (Å²) in [6.07, 6.45) is -3.88. The van der Waals surface area contributed by atoms with Gasteiger partial charge in [0.25, 0.3) is 0 Å². The minimum Gasteiger partial charge on any atom is -0.352 e. The Kier molecular flexibility index (Phi) is 7.77. The van der Waals surface area contributed by atoms with Gasteiger partial charge in [0, 0.05) is 31.2 Å². The van der Waals surface area contributed by atoms with Gasteiger partial charge in [0.1, 0.15) is 5.82 Å². The van der Waals surface area contributed by atoms with Crippen LogP contribution in [0.3, 0.4) is 0 Å². The summed E-state index contributed by atoms with van der Waals surface area (Å²) in [6, 6.07) is 18.7. The van der Waals surface area contributed by atoms with Gasteiger partial charge in [-0.05, 0) is 59.4 Å². The van der Waals surface area contributed by atoms with Crippen molar-refractivity contribution < 1.29 is 22.4 Å². The highest BCUT2D eigenvalue weighted by Gasteiger charge is 2.33. The number of alkyl halides is 3. The molecule has 3 aromatic carbocycles. The molecule has 0 spiro atoms. The lowest BCUT2D eigenvalue weighted by molar-refractivity contribution is -0.137. The molecule has 0 aliphatic carbocycles. The number of piperidine rings is 1. The lowest BCUT2D eigenvalue weighted by Crippen LogP contribution is -2.45. The number of hydrogen-bond donors (Lipinski definition) is 1. The molecule has 3 aromatic rings. The number of nitrogens with zero attached hydrogens (tertiary/aromatic N) is 1. The summed E-state index contributed by atoms with van der Waals surface area (Å²) in [5, 5.41) is 3.45. The van der Waals surface area contributed by atoms with Crippen LogP contribution in [0.15, 0.2) is 72.8 Å². The van der Waals surface area contributed by atoms with Gasteiger partial charge in [-0.2, -0.15) is 13.2 Å². The molecule has 1 heterocycles. The fourth-order valence-electron chi connectivity index (χ4n) is 4.54. The Hall–Kier alpha value is -2.90. The normalized spacial score (nSPS) is 18.9. The van der Waals surface area contributed by atoms with E-state index in [1.54, 1.807) is 18.2 Å². The molecule has 0 radical (unpaired) electrons. The number of rotatable bonds is 6. The zero-order valence-electron chi connectivity index (χ0n) is 18.9. The Balaban J connectivity index is 1.49. The van der Waals surface area contributed by atoms with E-state index in [-0.39, 0.29) is 30.1 Å². The fourth-order valence-corrected chi connectivity index (χ4v) is 4.74. The lowest BCUT2D eigenvalue weighted by Gasteiger charge is -2.37. The first kappa shape index (κ1) is 25.2. The van der Waals surface area contributed by atoms with Crippen LogP contribution in [0.1, 0.15) is 34.6 Å². The molecule has 1 fully saturated rings. The highest BCUT2D eigenvalue weighted by Crippen LogP contribution is 2.33. The lowest BCUT2D eigenvalue weighted by atomic mass is 9.83. The molecular formula is C27H25ClF4N2O. The molecule has 1 aliphatic rings. The maximum absolute atomic E-state index is 13.5. The number of nitrogens with one attached hydrogen (secondary N) is 1. The van der Waals surface area contributed by atoms with E-state index in [0.29, 0.717) is 36.6 Å². The molecule has 4 rings (SSSR count). The third kappa shape index (κ3) is 6.61. The first-order valence-electron chi connectivity index (χ1n) is 11.3. The Morgan fingerprint density at radius 2 is 1.74 bits per heavy atom. The van der Waals surface area contributed by atoms with E-state index in [0.717, 1.165) is 23.3 Å². The van der Waals surface area contributed by atoms with Crippen LogP contribution in [0.2, 0.25) is 5.02 Å². The first-order valence-corrected chi connectivity index (χ1v) is 11.7. The van der Waals surface area contributed by atoms with E-state index < -0.39 is 11.7 Å². The van der Waals surface area contributed by atoms with Gasteiger partial charge in [0.05, 0.1) is 11.5 Å². The molecule has 3 nitrogen and oxygen atoms in total. The van der Waals surface area contributed by atoms with Crippen LogP contribution in [0.25, 0.3) is 0 Å². The number of halogens is 5. The van der Waals surface area contributed by atoms with E-state index in [1.807, 2.05) is 24.3 Å². The van der Waals surface area contributed by atoms with Crippen LogP contribution >= 0.6 is 11.6 Å². The quantitative estimate of drug-likeness (QED) is 0.393. The summed E-state index contributed by atoms with van der Waals surface area (Å²) in [4.78, 5) is 15.2. The van der Waals surface area contributed by atoms with Crippen molar-refractivity contribution in [3.05, 3.63) is 106 Å². The van der Waals surface area contributed by atoms with E-state index in [9.17, 15) is 22.4 Å². The molecule has 0 unspecified atom stereocenters. The van der Waals surface area contributed by atoms with Crippen LogP contribution in [-0.2, 0) is 24.1 Å². The zero-order chi connectivity index (χ0) is 25.0. The van der Waals surface area contributed by atoms with Crippen LogP contribution in [-0.4, -0.2) is 23.9 Å². The van der Waals surface area contributed by atoms with Crippen molar-refractivity contribution in [2.45, 2.75) is 31.6 Å². The molecule has 0 saturated carbocycles. The molecule has 2 atom stereocenters. The van der Waals surface area contributed by atoms with E-state index in [2.05, 4.69) is 10.2 Å². The summed E-state index contributed by atoms with van der Waals surface area (Å²) in [6.45, 7) is 1.71. The van der Waals surface area contributed by atoms with Crippen molar-refractivity contribution in [3.8, 4) is 0 Å². The van der Waals surface area contributed by atoms with Crippen molar-refractivity contribution in [1.82, 2.24) is 10.2 Å². The summed E-state index contributed by atoms with van der Waals surface area (Å²) >= 11 is 6.35. The van der Waals surface area contributed by atoms with Gasteiger partial charge in [-0.1, -0.05) is 54.1 Å². The van der Waals surface area contributed by atoms with Gasteiger partial charge in [0.15, 0.2) is 0 Å². The van der Waals surface area contributed by atoms with Crippen LogP contribution in [0.4, 0.5) is 17.6 Å². The molecule has 1 saturated heterocycles. The fraction of sp³-hybridized carbons (Fsp3) is 0.296. The highest BCUT2D eigenvalue weighted by molar-refractivity contribution is 6.31. The summed E-state index contributed by atoms with van der Waals surface area (Å²) < 4.78 is 52.5. The average molecular weight is 505 g/mol. The molecular weight excluding hydrogens is 480 g/mol. The number of hydrogen-bond acceptors (Lipinski definition) is 2. The van der Waals surface area contributed by atoms with Gasteiger partial charge < -0.3 is 5.32 Å². The standard InChI is InChI=1S/C27H25ClF4N2O/c28-25-7-2-1-5-20(25)15-34-16-21(19-8-10-24(29)11-9-19)13-22(17-34)26(35)33-14-18-4-3-6-23(12-18)27(30,31)32/h1-12,21-22H,13-17H2,(H,33,35)/t21-,22+/m0/s1. The highest BCUT2D eigenvalue weighted by atomic mass is 35.5. The molecule has 0 bridgehead atoms. The minimum absolute atomic E-state index is 0.00357. The van der Waals surface area contributed by atoms with Gasteiger partial charge in [-0.3, -0.25) is 9.69 Å². The Bertz CT molecular complexity index is 1170. The summed E-state index contributed by atoms with van der Waals surface area (Å²) in [5.74, 6) is -0.936. The summed E-state index contributed by atoms with van der Waals surface area (Å²) in [7, 11) is 0. The van der Waals surface area contributed by atoms with Crippen LogP contribution in [0, 0.1) is 11.7 Å². The topological polar surface area (TPSA) is 32.3 Å². The average Bonchev–Trinajstić information content (AvgIpc) is 2.84. The second kappa shape index (κ2) is 10.8. The van der Waals surface area contributed by atoms with Crippen molar-refractivity contribution in [1.29, 1.82) is 0 Å². The monoisotopic (exact) mass is 504 g/mol. The van der Waals surface area contributed by atoms with Crippen molar-refractivity contribution in [3.63, 3.8) is 0 Å². The third-order valence-corrected chi connectivity index (χ3v) is 6.68. The first-order chi connectivity index (χ1) is 16.7. The van der Waals surface area contributed by atoms with Crippen molar-refractivity contribution in [2.75, 3.05) is 13.1 Å². The predicted molar refractivity (Wildman–Crippen MR) is 127 cm³/mol. The molecule has 184 valence electrons. The van der Waals surface area contributed by atoms with Crippen LogP contribution < -0.4 is 5.32 Å². The van der Waals surface area contributed by atoms with E-state index >= 15 is 0 Å². The van der Waals surface area contributed by atoms with Gasteiger partial charge in [-0.25, -0.2) is 4.39 Å². The number of benzene rings is 3. The second-order valence-corrected chi connectivity index (χ2v) is 9.29. The Morgan fingerprint density at radius 3 is 2.46 bits per heavy atom. The zero-order valence-corrected chi connectivity index (χ0v) is 19.6. The third-order valence-electron chi connectivity index (χ3n) is 6.31. The number of likely N-dealkylation sites (tertiary alicyclic amines) is 1. The van der Waals surface area contributed by atoms with Gasteiger partial charge in [0.2, 0.25) is 5.91 Å². The van der Waals surface area contributed by atoms with Crippen molar-refractivity contribution >= 4 is 17.5 Å².